The number of hydrogen-bond acceptors (Lipinski definition) is 3. The summed E-state index contributed by atoms with van der Waals surface area (Å²) in [5.41, 5.74) is 5.96. The highest BCUT2D eigenvalue weighted by atomic mass is 35.5. The highest BCUT2D eigenvalue weighted by Gasteiger charge is 2.31. The molecule has 0 aromatic heterocycles. The summed E-state index contributed by atoms with van der Waals surface area (Å²) in [5, 5.41) is 3.05. The second-order valence-corrected chi connectivity index (χ2v) is 5.48. The summed E-state index contributed by atoms with van der Waals surface area (Å²) in [7, 11) is 0. The van der Waals surface area contributed by atoms with E-state index in [0.29, 0.717) is 6.54 Å². The Bertz CT molecular complexity index is 273. The van der Waals surface area contributed by atoms with Gasteiger partial charge in [0.2, 0.25) is 5.91 Å². The lowest BCUT2D eigenvalue weighted by atomic mass is 9.94. The molecule has 0 saturated carbocycles. The lowest BCUT2D eigenvalue weighted by Crippen LogP contribution is -2.52. The van der Waals surface area contributed by atoms with Crippen LogP contribution in [0.25, 0.3) is 0 Å². The van der Waals surface area contributed by atoms with Gasteiger partial charge in [0.25, 0.3) is 0 Å². The highest BCUT2D eigenvalue weighted by molar-refractivity contribution is 5.85. The summed E-state index contributed by atoms with van der Waals surface area (Å²) >= 11 is 0. The van der Waals surface area contributed by atoms with Crippen molar-refractivity contribution in [1.29, 1.82) is 0 Å². The Morgan fingerprint density at radius 3 is 2.40 bits per heavy atom. The molecular formula is C14H31Cl2N3O. The Labute approximate surface area is 136 Å². The molecule has 1 aliphatic heterocycles. The highest BCUT2D eigenvalue weighted by Crippen LogP contribution is 2.18. The number of nitrogens with two attached hydrogens (primary N) is 1. The number of amides is 1. The van der Waals surface area contributed by atoms with Gasteiger partial charge in [-0.2, -0.15) is 0 Å². The molecule has 3 N–H and O–H groups in total. The molecule has 0 aromatic rings. The summed E-state index contributed by atoms with van der Waals surface area (Å²) in [5.74, 6) is 0.165. The van der Waals surface area contributed by atoms with Gasteiger partial charge in [-0.1, -0.05) is 20.8 Å². The summed E-state index contributed by atoms with van der Waals surface area (Å²) in [6, 6.07) is 0.0721. The molecule has 20 heavy (non-hydrogen) atoms. The summed E-state index contributed by atoms with van der Waals surface area (Å²) in [4.78, 5) is 14.5. The Morgan fingerprint density at radius 2 is 1.90 bits per heavy atom. The van der Waals surface area contributed by atoms with Crippen LogP contribution in [0.3, 0.4) is 0 Å². The van der Waals surface area contributed by atoms with Crippen molar-refractivity contribution in [2.45, 2.75) is 64.5 Å². The zero-order chi connectivity index (χ0) is 13.6. The van der Waals surface area contributed by atoms with Gasteiger partial charge < -0.3 is 11.1 Å². The molecule has 4 nitrogen and oxygen atoms in total. The van der Waals surface area contributed by atoms with E-state index in [1.54, 1.807) is 0 Å². The van der Waals surface area contributed by atoms with Crippen LogP contribution in [0.2, 0.25) is 0 Å². The van der Waals surface area contributed by atoms with Crippen LogP contribution in [0.4, 0.5) is 0 Å². The number of rotatable bonds is 7. The van der Waals surface area contributed by atoms with Crippen LogP contribution < -0.4 is 11.1 Å². The molecular weight excluding hydrogens is 297 g/mol. The fourth-order valence-corrected chi connectivity index (χ4v) is 2.56. The minimum Gasteiger partial charge on any atom is -0.353 e. The van der Waals surface area contributed by atoms with E-state index in [2.05, 4.69) is 31.0 Å². The normalized spacial score (nSPS) is 19.1. The zero-order valence-electron chi connectivity index (χ0n) is 13.0. The van der Waals surface area contributed by atoms with E-state index in [-0.39, 0.29) is 42.3 Å². The zero-order valence-corrected chi connectivity index (χ0v) is 14.6. The van der Waals surface area contributed by atoms with E-state index in [0.717, 1.165) is 45.2 Å². The molecule has 0 aromatic carbocycles. The summed E-state index contributed by atoms with van der Waals surface area (Å²) in [6.45, 7) is 8.99. The van der Waals surface area contributed by atoms with Crippen LogP contribution in [-0.2, 0) is 4.79 Å². The largest absolute Gasteiger partial charge is 0.353 e. The number of carbonyl (C=O) groups is 1. The van der Waals surface area contributed by atoms with Gasteiger partial charge in [-0.3, -0.25) is 9.69 Å². The molecule has 1 heterocycles. The number of hydrogen-bond donors (Lipinski definition) is 2. The van der Waals surface area contributed by atoms with Gasteiger partial charge in [-0.05, 0) is 45.2 Å². The number of nitrogens with zero attached hydrogens (tertiary/aromatic N) is 1. The molecule has 1 rings (SSSR count). The van der Waals surface area contributed by atoms with E-state index in [9.17, 15) is 4.79 Å². The summed E-state index contributed by atoms with van der Waals surface area (Å²) < 4.78 is 0. The van der Waals surface area contributed by atoms with Crippen molar-refractivity contribution >= 4 is 30.7 Å². The lowest BCUT2D eigenvalue weighted by Gasteiger charge is -2.29. The van der Waals surface area contributed by atoms with E-state index in [1.807, 2.05) is 0 Å². The SMILES string of the molecule is CCCN1CCCC1C(=O)NCC(N)(CC)CC.Cl.Cl. The van der Waals surface area contributed by atoms with Crippen LogP contribution in [0.5, 0.6) is 0 Å². The maximum atomic E-state index is 12.2. The minimum absolute atomic E-state index is 0. The van der Waals surface area contributed by atoms with Crippen LogP contribution >= 0.6 is 24.8 Å². The maximum Gasteiger partial charge on any atom is 0.237 e. The third-order valence-corrected chi connectivity index (χ3v) is 4.20. The molecule has 6 heteroatoms. The molecule has 0 radical (unpaired) electrons. The van der Waals surface area contributed by atoms with Crippen molar-refractivity contribution in [3.8, 4) is 0 Å². The van der Waals surface area contributed by atoms with Gasteiger partial charge in [-0.15, -0.1) is 24.8 Å². The quantitative estimate of drug-likeness (QED) is 0.754. The molecule has 1 saturated heterocycles. The molecule has 0 spiro atoms. The predicted octanol–water partition coefficient (Wildman–Crippen LogP) is 2.34. The Hall–Kier alpha value is -0.0300. The third kappa shape index (κ3) is 6.17. The number of halogens is 2. The van der Waals surface area contributed by atoms with Crippen molar-refractivity contribution in [1.82, 2.24) is 10.2 Å². The molecule has 1 unspecified atom stereocenters. The van der Waals surface area contributed by atoms with Crippen molar-refractivity contribution < 1.29 is 4.79 Å². The Morgan fingerprint density at radius 1 is 1.30 bits per heavy atom. The van der Waals surface area contributed by atoms with Crippen molar-refractivity contribution in [2.75, 3.05) is 19.6 Å². The number of nitrogens with one attached hydrogen (secondary N) is 1. The average molecular weight is 328 g/mol. The first kappa shape index (κ1) is 22.3. The van der Waals surface area contributed by atoms with Crippen LogP contribution in [0.1, 0.15) is 52.9 Å². The Balaban J connectivity index is 0. The molecule has 1 atom stereocenters. The van der Waals surface area contributed by atoms with E-state index in [1.165, 1.54) is 0 Å². The minimum atomic E-state index is -0.246. The smallest absolute Gasteiger partial charge is 0.237 e. The first-order valence-corrected chi connectivity index (χ1v) is 7.37. The fraction of sp³-hybridized carbons (Fsp3) is 0.929. The molecule has 1 amide bonds. The number of likely N-dealkylation sites (tertiary alicyclic amines) is 1. The average Bonchev–Trinajstić information content (AvgIpc) is 2.84. The van der Waals surface area contributed by atoms with Crippen molar-refractivity contribution in [3.63, 3.8) is 0 Å². The van der Waals surface area contributed by atoms with E-state index in [4.69, 9.17) is 5.73 Å². The lowest BCUT2D eigenvalue weighted by molar-refractivity contribution is -0.125. The summed E-state index contributed by atoms with van der Waals surface area (Å²) in [6.07, 6.45) is 5.02. The first-order valence-electron chi connectivity index (χ1n) is 7.37. The molecule has 122 valence electrons. The maximum absolute atomic E-state index is 12.2. The van der Waals surface area contributed by atoms with Gasteiger partial charge in [0.1, 0.15) is 0 Å². The first-order chi connectivity index (χ1) is 8.56. The molecule has 1 aliphatic rings. The second-order valence-electron chi connectivity index (χ2n) is 5.48. The van der Waals surface area contributed by atoms with Crippen LogP contribution in [-0.4, -0.2) is 42.0 Å². The van der Waals surface area contributed by atoms with E-state index < -0.39 is 0 Å². The van der Waals surface area contributed by atoms with Gasteiger partial charge in [-0.25, -0.2) is 0 Å². The molecule has 0 aliphatic carbocycles. The Kier molecular flexibility index (Phi) is 11.9. The van der Waals surface area contributed by atoms with Gasteiger partial charge in [0.05, 0.1) is 6.04 Å². The van der Waals surface area contributed by atoms with Gasteiger partial charge in [0, 0.05) is 12.1 Å². The fourth-order valence-electron chi connectivity index (χ4n) is 2.56. The number of carbonyl (C=O) groups excluding carboxylic acids is 1. The standard InChI is InChI=1S/C14H29N3O.2ClH/c1-4-9-17-10-7-8-12(17)13(18)16-11-14(15,5-2)6-3;;/h12H,4-11,15H2,1-3H3,(H,16,18);2*1H. The third-order valence-electron chi connectivity index (χ3n) is 4.20. The van der Waals surface area contributed by atoms with Crippen molar-refractivity contribution in [2.24, 2.45) is 5.73 Å². The van der Waals surface area contributed by atoms with Gasteiger partial charge >= 0.3 is 0 Å². The molecule has 0 bridgehead atoms. The van der Waals surface area contributed by atoms with Crippen LogP contribution in [0.15, 0.2) is 0 Å². The monoisotopic (exact) mass is 327 g/mol. The van der Waals surface area contributed by atoms with Crippen molar-refractivity contribution in [3.05, 3.63) is 0 Å². The van der Waals surface area contributed by atoms with E-state index >= 15 is 0 Å². The van der Waals surface area contributed by atoms with Crippen LogP contribution in [0, 0.1) is 0 Å². The predicted molar refractivity (Wildman–Crippen MR) is 89.9 cm³/mol. The molecule has 1 fully saturated rings. The van der Waals surface area contributed by atoms with Gasteiger partial charge in [0.15, 0.2) is 0 Å². The topological polar surface area (TPSA) is 58.4 Å². The second kappa shape index (κ2) is 10.7.